The van der Waals surface area contributed by atoms with Crippen molar-refractivity contribution in [2.24, 2.45) is 0 Å². The van der Waals surface area contributed by atoms with E-state index < -0.39 is 0 Å². The molecule has 0 aliphatic carbocycles. The van der Waals surface area contributed by atoms with Crippen molar-refractivity contribution in [1.82, 2.24) is 10.6 Å². The molecule has 1 aromatic rings. The van der Waals surface area contributed by atoms with Crippen LogP contribution in [0.3, 0.4) is 0 Å². The van der Waals surface area contributed by atoms with Crippen LogP contribution in [0.5, 0.6) is 5.75 Å². The fourth-order valence-electron chi connectivity index (χ4n) is 1.52. The molecule has 0 spiro atoms. The van der Waals surface area contributed by atoms with Crippen LogP contribution in [0.25, 0.3) is 0 Å². The molecule has 2 N–H and O–H groups in total. The summed E-state index contributed by atoms with van der Waals surface area (Å²) >= 11 is 0. The molecule has 2 amide bonds. The number of carbonyl (C=O) groups is 1. The van der Waals surface area contributed by atoms with Gasteiger partial charge in [-0.3, -0.25) is 0 Å². The van der Waals surface area contributed by atoms with Crippen molar-refractivity contribution in [3.8, 4) is 5.75 Å². The van der Waals surface area contributed by atoms with Crippen molar-refractivity contribution in [3.63, 3.8) is 0 Å². The van der Waals surface area contributed by atoms with Gasteiger partial charge in [0.15, 0.2) is 0 Å². The van der Waals surface area contributed by atoms with Crippen LogP contribution in [-0.4, -0.2) is 26.2 Å². The summed E-state index contributed by atoms with van der Waals surface area (Å²) in [6.07, 6.45) is 1.71. The number of amides is 2. The summed E-state index contributed by atoms with van der Waals surface area (Å²) in [4.78, 5) is 11.3. The van der Waals surface area contributed by atoms with E-state index in [1.165, 1.54) is 0 Å². The quantitative estimate of drug-likeness (QED) is 0.793. The largest absolute Gasteiger partial charge is 0.496 e. The van der Waals surface area contributed by atoms with Gasteiger partial charge < -0.3 is 15.4 Å². The molecule has 0 fully saturated rings. The van der Waals surface area contributed by atoms with Crippen molar-refractivity contribution in [2.45, 2.75) is 19.8 Å². The lowest BCUT2D eigenvalue weighted by Gasteiger charge is -2.09. The molecule has 4 heteroatoms. The highest BCUT2D eigenvalue weighted by Crippen LogP contribution is 2.16. The summed E-state index contributed by atoms with van der Waals surface area (Å²) in [5, 5.41) is 5.58. The maximum absolute atomic E-state index is 11.3. The Morgan fingerprint density at radius 1 is 1.24 bits per heavy atom. The van der Waals surface area contributed by atoms with Crippen LogP contribution < -0.4 is 15.4 Å². The fraction of sp³-hybridized carbons (Fsp3) is 0.462. The summed E-state index contributed by atoms with van der Waals surface area (Å²) in [5.74, 6) is 0.864. The Morgan fingerprint density at radius 3 is 2.65 bits per heavy atom. The second-order valence-corrected chi connectivity index (χ2v) is 3.74. The van der Waals surface area contributed by atoms with E-state index in [9.17, 15) is 4.79 Å². The highest BCUT2D eigenvalue weighted by Gasteiger charge is 2.02. The summed E-state index contributed by atoms with van der Waals surface area (Å²) in [6, 6.07) is 7.72. The van der Waals surface area contributed by atoms with Crippen molar-refractivity contribution in [1.29, 1.82) is 0 Å². The molecule has 0 aliphatic heterocycles. The van der Waals surface area contributed by atoms with Gasteiger partial charge in [-0.1, -0.05) is 25.1 Å². The first kappa shape index (κ1) is 13.4. The number of ether oxygens (including phenoxy) is 1. The number of para-hydroxylation sites is 1. The predicted octanol–water partition coefficient (Wildman–Crippen LogP) is 1.95. The second kappa shape index (κ2) is 7.54. The van der Waals surface area contributed by atoms with Gasteiger partial charge in [0.2, 0.25) is 0 Å². The standard InChI is InChI=1S/C13H20N2O2/c1-3-9-14-13(16)15-10-8-11-6-4-5-7-12(11)17-2/h4-7H,3,8-10H2,1-2H3,(H2,14,15,16). The normalized spacial score (nSPS) is 9.76. The van der Waals surface area contributed by atoms with E-state index in [4.69, 9.17) is 4.74 Å². The lowest BCUT2D eigenvalue weighted by molar-refractivity contribution is 0.241. The Balaban J connectivity index is 2.33. The Hall–Kier alpha value is -1.71. The molecule has 0 bridgehead atoms. The molecule has 17 heavy (non-hydrogen) atoms. The SMILES string of the molecule is CCCNC(=O)NCCc1ccccc1OC. The molecule has 4 nitrogen and oxygen atoms in total. The first-order valence-electron chi connectivity index (χ1n) is 5.91. The molecule has 0 unspecified atom stereocenters. The minimum absolute atomic E-state index is 0.109. The second-order valence-electron chi connectivity index (χ2n) is 3.74. The number of carbonyl (C=O) groups excluding carboxylic acids is 1. The van der Waals surface area contributed by atoms with Gasteiger partial charge >= 0.3 is 6.03 Å². The summed E-state index contributed by atoms with van der Waals surface area (Å²) in [5.41, 5.74) is 1.10. The van der Waals surface area contributed by atoms with Crippen molar-refractivity contribution in [2.75, 3.05) is 20.2 Å². The minimum atomic E-state index is -0.109. The van der Waals surface area contributed by atoms with Gasteiger partial charge in [0, 0.05) is 13.1 Å². The predicted molar refractivity (Wildman–Crippen MR) is 68.4 cm³/mol. The zero-order valence-corrected chi connectivity index (χ0v) is 10.5. The van der Waals surface area contributed by atoms with Crippen LogP contribution in [-0.2, 0) is 6.42 Å². The van der Waals surface area contributed by atoms with Gasteiger partial charge in [0.05, 0.1) is 7.11 Å². The van der Waals surface area contributed by atoms with Crippen LogP contribution in [0.15, 0.2) is 24.3 Å². The summed E-state index contributed by atoms with van der Waals surface area (Å²) in [7, 11) is 1.65. The Morgan fingerprint density at radius 2 is 1.94 bits per heavy atom. The fourth-order valence-corrected chi connectivity index (χ4v) is 1.52. The molecule has 0 heterocycles. The third-order valence-electron chi connectivity index (χ3n) is 2.41. The van der Waals surface area contributed by atoms with Crippen molar-refractivity contribution < 1.29 is 9.53 Å². The molecule has 0 atom stereocenters. The van der Waals surface area contributed by atoms with Crippen LogP contribution in [0.1, 0.15) is 18.9 Å². The number of hydrogen-bond acceptors (Lipinski definition) is 2. The first-order chi connectivity index (χ1) is 8.27. The maximum atomic E-state index is 11.3. The van der Waals surface area contributed by atoms with Gasteiger partial charge in [-0.25, -0.2) is 4.79 Å². The van der Waals surface area contributed by atoms with Crippen LogP contribution in [0.4, 0.5) is 4.79 Å². The number of nitrogens with one attached hydrogen (secondary N) is 2. The zero-order valence-electron chi connectivity index (χ0n) is 10.5. The Labute approximate surface area is 102 Å². The Bertz CT molecular complexity index is 353. The lowest BCUT2D eigenvalue weighted by Crippen LogP contribution is -2.36. The average molecular weight is 236 g/mol. The van der Waals surface area contributed by atoms with E-state index >= 15 is 0 Å². The van der Waals surface area contributed by atoms with Crippen molar-refractivity contribution >= 4 is 6.03 Å². The first-order valence-corrected chi connectivity index (χ1v) is 5.91. The smallest absolute Gasteiger partial charge is 0.314 e. The van der Waals surface area contributed by atoms with Crippen LogP contribution >= 0.6 is 0 Å². The Kier molecular flexibility index (Phi) is 5.93. The maximum Gasteiger partial charge on any atom is 0.314 e. The number of benzene rings is 1. The van der Waals surface area contributed by atoms with E-state index in [0.29, 0.717) is 13.1 Å². The van der Waals surface area contributed by atoms with Gasteiger partial charge in [0.25, 0.3) is 0 Å². The highest BCUT2D eigenvalue weighted by atomic mass is 16.5. The molecule has 0 aliphatic rings. The number of rotatable bonds is 6. The van der Waals surface area contributed by atoms with E-state index in [0.717, 1.165) is 24.2 Å². The number of hydrogen-bond donors (Lipinski definition) is 2. The van der Waals surface area contributed by atoms with Crippen LogP contribution in [0.2, 0.25) is 0 Å². The summed E-state index contributed by atoms with van der Waals surface area (Å²) in [6.45, 7) is 3.34. The molecular formula is C13H20N2O2. The van der Waals surface area contributed by atoms with Crippen molar-refractivity contribution in [3.05, 3.63) is 29.8 Å². The molecule has 0 aromatic heterocycles. The van der Waals surface area contributed by atoms with Gasteiger partial charge in [0.1, 0.15) is 5.75 Å². The molecule has 94 valence electrons. The van der Waals surface area contributed by atoms with E-state index in [1.54, 1.807) is 7.11 Å². The van der Waals surface area contributed by atoms with E-state index in [2.05, 4.69) is 10.6 Å². The monoisotopic (exact) mass is 236 g/mol. The zero-order chi connectivity index (χ0) is 12.5. The molecule has 1 aromatic carbocycles. The topological polar surface area (TPSA) is 50.4 Å². The van der Waals surface area contributed by atoms with E-state index in [-0.39, 0.29) is 6.03 Å². The third kappa shape index (κ3) is 4.76. The highest BCUT2D eigenvalue weighted by molar-refractivity contribution is 5.73. The molecule has 0 saturated carbocycles. The van der Waals surface area contributed by atoms with Gasteiger partial charge in [-0.05, 0) is 24.5 Å². The molecule has 0 radical (unpaired) electrons. The molecule has 1 rings (SSSR count). The van der Waals surface area contributed by atoms with Gasteiger partial charge in [-0.2, -0.15) is 0 Å². The molecular weight excluding hydrogens is 216 g/mol. The summed E-state index contributed by atoms with van der Waals surface area (Å²) < 4.78 is 5.24. The molecule has 0 saturated heterocycles. The van der Waals surface area contributed by atoms with Gasteiger partial charge in [-0.15, -0.1) is 0 Å². The number of methoxy groups -OCH3 is 1. The van der Waals surface area contributed by atoms with E-state index in [1.807, 2.05) is 31.2 Å². The minimum Gasteiger partial charge on any atom is -0.496 e. The average Bonchev–Trinajstić information content (AvgIpc) is 2.37. The third-order valence-corrected chi connectivity index (χ3v) is 2.41. The van der Waals surface area contributed by atoms with Crippen LogP contribution in [0, 0.1) is 0 Å². The lowest BCUT2D eigenvalue weighted by atomic mass is 10.1. The number of urea groups is 1.